The van der Waals surface area contributed by atoms with Gasteiger partial charge in [-0.15, -0.1) is 0 Å². The molecule has 2 fully saturated rings. The van der Waals surface area contributed by atoms with Crippen molar-refractivity contribution < 1.29 is 14.3 Å². The number of hydrogen-bond donors (Lipinski definition) is 0. The zero-order chi connectivity index (χ0) is 19.6. The lowest BCUT2D eigenvalue weighted by Crippen LogP contribution is -2.54. The van der Waals surface area contributed by atoms with Crippen molar-refractivity contribution in [1.82, 2.24) is 9.80 Å². The van der Waals surface area contributed by atoms with Crippen LogP contribution in [-0.4, -0.2) is 46.0 Å². The molecule has 2 aliphatic rings. The average Bonchev–Trinajstić information content (AvgIpc) is 3.44. The number of hydrogen-bond acceptors (Lipinski definition) is 3. The number of amides is 2. The van der Waals surface area contributed by atoms with E-state index >= 15 is 0 Å². The molecular formula is C21H29BrN2O3. The van der Waals surface area contributed by atoms with Crippen molar-refractivity contribution in [1.29, 1.82) is 0 Å². The maximum atomic E-state index is 13.4. The van der Waals surface area contributed by atoms with Gasteiger partial charge in [-0.05, 0) is 70.6 Å². The zero-order valence-electron chi connectivity index (χ0n) is 16.4. The predicted molar refractivity (Wildman–Crippen MR) is 108 cm³/mol. The van der Waals surface area contributed by atoms with Gasteiger partial charge in [-0.3, -0.25) is 9.69 Å². The molecule has 1 saturated heterocycles. The molecule has 1 aliphatic heterocycles. The zero-order valence-corrected chi connectivity index (χ0v) is 18.0. The number of rotatable bonds is 4. The van der Waals surface area contributed by atoms with E-state index in [1.165, 1.54) is 0 Å². The summed E-state index contributed by atoms with van der Waals surface area (Å²) >= 11 is 3.45. The van der Waals surface area contributed by atoms with E-state index in [0.29, 0.717) is 25.6 Å². The number of benzene rings is 1. The third-order valence-electron chi connectivity index (χ3n) is 4.95. The minimum atomic E-state index is -0.560. The summed E-state index contributed by atoms with van der Waals surface area (Å²) in [6, 6.07) is 7.96. The first-order chi connectivity index (χ1) is 12.7. The molecule has 3 rings (SSSR count). The highest BCUT2D eigenvalue weighted by Crippen LogP contribution is 2.31. The second-order valence-electron chi connectivity index (χ2n) is 8.51. The van der Waals surface area contributed by atoms with Crippen LogP contribution in [-0.2, 0) is 16.1 Å². The quantitative estimate of drug-likeness (QED) is 0.685. The van der Waals surface area contributed by atoms with E-state index in [1.807, 2.05) is 49.9 Å². The predicted octanol–water partition coefficient (Wildman–Crippen LogP) is 4.73. The molecule has 0 radical (unpaired) electrons. The highest BCUT2D eigenvalue weighted by atomic mass is 79.9. The lowest BCUT2D eigenvalue weighted by Gasteiger charge is -2.38. The third-order valence-corrected chi connectivity index (χ3v) is 5.48. The maximum Gasteiger partial charge on any atom is 0.410 e. The van der Waals surface area contributed by atoms with Crippen molar-refractivity contribution in [3.63, 3.8) is 0 Å². The molecule has 1 aromatic rings. The fraction of sp³-hybridized carbons (Fsp3) is 0.619. The van der Waals surface area contributed by atoms with Gasteiger partial charge in [-0.2, -0.15) is 0 Å². The molecule has 0 bridgehead atoms. The largest absolute Gasteiger partial charge is 0.444 e. The Morgan fingerprint density at radius 1 is 1.15 bits per heavy atom. The van der Waals surface area contributed by atoms with Crippen LogP contribution in [0.25, 0.3) is 0 Å². The number of likely N-dealkylation sites (tertiary alicyclic amines) is 1. The normalized spacial score (nSPS) is 20.3. The van der Waals surface area contributed by atoms with Crippen LogP contribution < -0.4 is 0 Å². The van der Waals surface area contributed by atoms with E-state index in [9.17, 15) is 9.59 Å². The number of carbonyl (C=O) groups excluding carboxylic acids is 2. The van der Waals surface area contributed by atoms with Crippen LogP contribution >= 0.6 is 15.9 Å². The maximum absolute atomic E-state index is 13.4. The van der Waals surface area contributed by atoms with Gasteiger partial charge >= 0.3 is 6.09 Å². The summed E-state index contributed by atoms with van der Waals surface area (Å²) in [6.07, 6.45) is 4.30. The van der Waals surface area contributed by atoms with E-state index in [2.05, 4.69) is 15.9 Å². The molecule has 0 spiro atoms. The van der Waals surface area contributed by atoms with Gasteiger partial charge < -0.3 is 9.64 Å². The fourth-order valence-electron chi connectivity index (χ4n) is 3.48. The smallest absolute Gasteiger partial charge is 0.410 e. The van der Waals surface area contributed by atoms with Gasteiger partial charge in [0.25, 0.3) is 0 Å². The van der Waals surface area contributed by atoms with Crippen molar-refractivity contribution in [2.45, 2.75) is 77.1 Å². The van der Waals surface area contributed by atoms with Gasteiger partial charge in [0.15, 0.2) is 0 Å². The van der Waals surface area contributed by atoms with E-state index < -0.39 is 11.6 Å². The Morgan fingerprint density at radius 3 is 2.41 bits per heavy atom. The third kappa shape index (κ3) is 5.47. The Morgan fingerprint density at radius 2 is 1.81 bits per heavy atom. The van der Waals surface area contributed by atoms with Gasteiger partial charge in [0.05, 0.1) is 0 Å². The molecule has 1 aromatic carbocycles. The highest BCUT2D eigenvalue weighted by molar-refractivity contribution is 9.10. The van der Waals surface area contributed by atoms with Crippen LogP contribution in [0.3, 0.4) is 0 Å². The van der Waals surface area contributed by atoms with Crippen molar-refractivity contribution in [2.75, 3.05) is 6.54 Å². The molecule has 5 nitrogen and oxygen atoms in total. The molecule has 0 unspecified atom stereocenters. The SMILES string of the molecule is CC(C)(C)OC(=O)N1CCCC[C@@H]1C(=O)N(Cc1ccc(Br)cc1)C1CC1. The van der Waals surface area contributed by atoms with Crippen LogP contribution in [0, 0.1) is 0 Å². The molecule has 148 valence electrons. The summed E-state index contributed by atoms with van der Waals surface area (Å²) in [5, 5.41) is 0. The fourth-order valence-corrected chi connectivity index (χ4v) is 3.74. The first-order valence-electron chi connectivity index (χ1n) is 9.79. The molecule has 0 aromatic heterocycles. The minimum Gasteiger partial charge on any atom is -0.444 e. The van der Waals surface area contributed by atoms with Crippen molar-refractivity contribution in [3.8, 4) is 0 Å². The molecule has 2 amide bonds. The van der Waals surface area contributed by atoms with Gasteiger partial charge in [-0.1, -0.05) is 28.1 Å². The van der Waals surface area contributed by atoms with Crippen molar-refractivity contribution in [2.24, 2.45) is 0 Å². The number of nitrogens with zero attached hydrogens (tertiary/aromatic N) is 2. The topological polar surface area (TPSA) is 49.9 Å². The standard InChI is InChI=1S/C21H29BrN2O3/c1-21(2,3)27-20(26)23-13-5-4-6-18(23)19(25)24(17-11-12-17)14-15-7-9-16(22)10-8-15/h7-10,17-18H,4-6,11-14H2,1-3H3/t18-/m1/s1. The monoisotopic (exact) mass is 436 g/mol. The van der Waals surface area contributed by atoms with Crippen LogP contribution in [0.5, 0.6) is 0 Å². The Hall–Kier alpha value is -1.56. The molecule has 6 heteroatoms. The summed E-state index contributed by atoms with van der Waals surface area (Å²) in [5.41, 5.74) is 0.550. The Bertz CT molecular complexity index is 680. The molecule has 1 aliphatic carbocycles. The van der Waals surface area contributed by atoms with Crippen molar-refractivity contribution in [3.05, 3.63) is 34.3 Å². The van der Waals surface area contributed by atoms with Crippen LogP contribution in [0.2, 0.25) is 0 Å². The summed E-state index contributed by atoms with van der Waals surface area (Å²) in [4.78, 5) is 29.7. The van der Waals surface area contributed by atoms with E-state index in [4.69, 9.17) is 4.74 Å². The van der Waals surface area contributed by atoms with Gasteiger partial charge in [0, 0.05) is 23.6 Å². The van der Waals surface area contributed by atoms with Gasteiger partial charge in [0.1, 0.15) is 11.6 Å². The van der Waals surface area contributed by atoms with E-state index in [-0.39, 0.29) is 12.0 Å². The van der Waals surface area contributed by atoms with Crippen LogP contribution in [0.4, 0.5) is 4.79 Å². The lowest BCUT2D eigenvalue weighted by molar-refractivity contribution is -0.139. The number of ether oxygens (including phenoxy) is 1. The Balaban J connectivity index is 1.74. The van der Waals surface area contributed by atoms with Crippen molar-refractivity contribution >= 4 is 27.9 Å². The van der Waals surface area contributed by atoms with E-state index in [0.717, 1.165) is 35.7 Å². The molecule has 1 atom stereocenters. The number of piperidine rings is 1. The molecule has 1 saturated carbocycles. The average molecular weight is 437 g/mol. The lowest BCUT2D eigenvalue weighted by atomic mass is 10.0. The van der Waals surface area contributed by atoms with Crippen LogP contribution in [0.1, 0.15) is 58.4 Å². The number of carbonyl (C=O) groups is 2. The minimum absolute atomic E-state index is 0.0611. The molecule has 27 heavy (non-hydrogen) atoms. The van der Waals surface area contributed by atoms with Gasteiger partial charge in [0.2, 0.25) is 5.91 Å². The number of halogens is 1. The Labute approximate surface area is 170 Å². The second-order valence-corrected chi connectivity index (χ2v) is 9.42. The Kier molecular flexibility index (Phi) is 6.14. The van der Waals surface area contributed by atoms with E-state index in [1.54, 1.807) is 4.90 Å². The van der Waals surface area contributed by atoms with Crippen LogP contribution in [0.15, 0.2) is 28.7 Å². The van der Waals surface area contributed by atoms with Gasteiger partial charge in [-0.25, -0.2) is 4.79 Å². The second kappa shape index (κ2) is 8.21. The first-order valence-corrected chi connectivity index (χ1v) is 10.6. The summed E-state index contributed by atoms with van der Waals surface area (Å²) in [7, 11) is 0. The summed E-state index contributed by atoms with van der Waals surface area (Å²) < 4.78 is 6.58. The summed E-state index contributed by atoms with van der Waals surface area (Å²) in [5.74, 6) is 0.0611. The molecule has 0 N–H and O–H groups in total. The first kappa shape index (κ1) is 20.2. The summed E-state index contributed by atoms with van der Waals surface area (Å²) in [6.45, 7) is 6.75. The molecule has 1 heterocycles. The molecular weight excluding hydrogens is 408 g/mol. The highest BCUT2D eigenvalue weighted by Gasteiger charge is 2.41.